The third-order valence-electron chi connectivity index (χ3n) is 3.52. The lowest BCUT2D eigenvalue weighted by Gasteiger charge is -2.29. The molecule has 2 unspecified atom stereocenters. The Morgan fingerprint density at radius 2 is 2.00 bits per heavy atom. The van der Waals surface area contributed by atoms with Crippen molar-refractivity contribution < 1.29 is 24.2 Å². The average molecular weight is 273 g/mol. The van der Waals surface area contributed by atoms with Crippen molar-refractivity contribution >= 4 is 12.0 Å². The van der Waals surface area contributed by atoms with Crippen molar-refractivity contribution in [2.24, 2.45) is 5.41 Å². The van der Waals surface area contributed by atoms with Gasteiger partial charge in [0.15, 0.2) is 0 Å². The summed E-state index contributed by atoms with van der Waals surface area (Å²) in [5, 5.41) is 13.6. The van der Waals surface area contributed by atoms with Crippen molar-refractivity contribution in [3.05, 3.63) is 0 Å². The Kier molecular flexibility index (Phi) is 4.23. The lowest BCUT2D eigenvalue weighted by molar-refractivity contribution is -0.148. The van der Waals surface area contributed by atoms with Gasteiger partial charge in [0.1, 0.15) is 5.41 Å². The predicted octanol–water partition coefficient (Wildman–Crippen LogP) is -0.977. The molecule has 19 heavy (non-hydrogen) atoms. The smallest absolute Gasteiger partial charge is 0.329 e. The highest BCUT2D eigenvalue weighted by Gasteiger charge is 2.47. The van der Waals surface area contributed by atoms with Crippen LogP contribution in [0, 0.1) is 5.41 Å². The molecule has 0 radical (unpaired) electrons. The molecule has 2 amide bonds. The van der Waals surface area contributed by atoms with E-state index < -0.39 is 23.5 Å². The minimum atomic E-state index is -1.08. The number of nitrogens with zero attached hydrogens (tertiary/aromatic N) is 1. The maximum Gasteiger partial charge on any atom is 0.329 e. The molecule has 0 aromatic carbocycles. The van der Waals surface area contributed by atoms with Crippen LogP contribution in [0.3, 0.4) is 0 Å². The zero-order chi connectivity index (χ0) is 13.9. The number of hydrazine groups is 1. The second kappa shape index (κ2) is 5.72. The van der Waals surface area contributed by atoms with Crippen LogP contribution in [0.25, 0.3) is 0 Å². The van der Waals surface area contributed by atoms with Crippen LogP contribution in [0.5, 0.6) is 0 Å². The molecule has 2 saturated heterocycles. The summed E-state index contributed by atoms with van der Waals surface area (Å²) in [4.78, 5) is 23.1. The largest absolute Gasteiger partial charge is 0.481 e. The van der Waals surface area contributed by atoms with Gasteiger partial charge in [-0.05, 0) is 6.92 Å². The Bertz CT molecular complexity index is 358. The van der Waals surface area contributed by atoms with Gasteiger partial charge in [-0.25, -0.2) is 9.80 Å². The molecule has 0 aliphatic carbocycles. The van der Waals surface area contributed by atoms with Gasteiger partial charge in [0.25, 0.3) is 0 Å². The molecular weight excluding hydrogens is 254 g/mol. The van der Waals surface area contributed by atoms with E-state index >= 15 is 0 Å². The first-order chi connectivity index (χ1) is 9.02. The van der Waals surface area contributed by atoms with E-state index in [0.29, 0.717) is 26.3 Å². The summed E-state index contributed by atoms with van der Waals surface area (Å²) in [6.45, 7) is 4.25. The fraction of sp³-hybridized carbons (Fsp3) is 0.818. The van der Waals surface area contributed by atoms with Crippen molar-refractivity contribution in [1.29, 1.82) is 0 Å². The van der Waals surface area contributed by atoms with E-state index in [2.05, 4.69) is 10.7 Å². The molecule has 108 valence electrons. The van der Waals surface area contributed by atoms with Gasteiger partial charge in [-0.3, -0.25) is 10.2 Å². The van der Waals surface area contributed by atoms with Crippen molar-refractivity contribution in [3.8, 4) is 0 Å². The molecule has 0 aromatic heterocycles. The molecule has 0 spiro atoms. The first-order valence-electron chi connectivity index (χ1n) is 6.23. The second-order valence-electron chi connectivity index (χ2n) is 4.98. The van der Waals surface area contributed by atoms with Gasteiger partial charge in [-0.2, -0.15) is 0 Å². The van der Waals surface area contributed by atoms with Crippen LogP contribution in [0.4, 0.5) is 4.79 Å². The lowest BCUT2D eigenvalue weighted by atomic mass is 9.85. The normalized spacial score (nSPS) is 31.9. The number of urea groups is 1. The SMILES string of the molecule is CC1(C(=O)O)COCC1NC(=O)NN1CCOCC1. The third-order valence-corrected chi connectivity index (χ3v) is 3.52. The van der Waals surface area contributed by atoms with Crippen molar-refractivity contribution in [2.75, 3.05) is 39.5 Å². The number of carboxylic acids is 1. The maximum absolute atomic E-state index is 11.8. The Balaban J connectivity index is 1.86. The zero-order valence-electron chi connectivity index (χ0n) is 10.8. The fourth-order valence-electron chi connectivity index (χ4n) is 2.09. The number of hydrogen-bond acceptors (Lipinski definition) is 5. The van der Waals surface area contributed by atoms with Crippen LogP contribution in [-0.2, 0) is 14.3 Å². The Labute approximate surface area is 111 Å². The predicted molar refractivity (Wildman–Crippen MR) is 64.4 cm³/mol. The molecule has 0 aromatic rings. The van der Waals surface area contributed by atoms with E-state index in [-0.39, 0.29) is 13.2 Å². The minimum absolute atomic E-state index is 0.102. The third kappa shape index (κ3) is 3.14. The number of rotatable bonds is 3. The molecule has 2 fully saturated rings. The van der Waals surface area contributed by atoms with Crippen LogP contribution in [0.1, 0.15) is 6.92 Å². The highest BCUT2D eigenvalue weighted by Crippen LogP contribution is 2.28. The standard InChI is InChI=1S/C11H19N3O5/c1-11(9(15)16)7-19-6-8(11)12-10(17)13-14-2-4-18-5-3-14/h8H,2-7H2,1H3,(H,15,16)(H2,12,13,17). The van der Waals surface area contributed by atoms with E-state index in [1.165, 1.54) is 0 Å². The molecule has 0 saturated carbocycles. The van der Waals surface area contributed by atoms with E-state index in [4.69, 9.17) is 9.47 Å². The second-order valence-corrected chi connectivity index (χ2v) is 4.98. The van der Waals surface area contributed by atoms with Crippen LogP contribution < -0.4 is 10.7 Å². The molecule has 2 aliphatic heterocycles. The van der Waals surface area contributed by atoms with Crippen molar-refractivity contribution in [2.45, 2.75) is 13.0 Å². The van der Waals surface area contributed by atoms with E-state index in [9.17, 15) is 14.7 Å². The number of carbonyl (C=O) groups excluding carboxylic acids is 1. The van der Waals surface area contributed by atoms with E-state index in [1.807, 2.05) is 0 Å². The Hall–Kier alpha value is -1.38. The molecule has 2 heterocycles. The number of carboxylic acid groups (broad SMARTS) is 1. The molecule has 8 nitrogen and oxygen atoms in total. The summed E-state index contributed by atoms with van der Waals surface area (Å²) in [7, 11) is 0. The highest BCUT2D eigenvalue weighted by molar-refractivity contribution is 5.79. The molecule has 3 N–H and O–H groups in total. The number of nitrogens with one attached hydrogen (secondary N) is 2. The van der Waals surface area contributed by atoms with Crippen LogP contribution in [0.2, 0.25) is 0 Å². The van der Waals surface area contributed by atoms with Gasteiger partial charge in [0, 0.05) is 13.1 Å². The van der Waals surface area contributed by atoms with Crippen molar-refractivity contribution in [1.82, 2.24) is 15.8 Å². The number of hydrogen-bond donors (Lipinski definition) is 3. The van der Waals surface area contributed by atoms with Crippen molar-refractivity contribution in [3.63, 3.8) is 0 Å². The van der Waals surface area contributed by atoms with Gasteiger partial charge >= 0.3 is 12.0 Å². The van der Waals surface area contributed by atoms with E-state index in [0.717, 1.165) is 0 Å². The van der Waals surface area contributed by atoms with Gasteiger partial charge < -0.3 is 19.9 Å². The number of amides is 2. The lowest BCUT2D eigenvalue weighted by Crippen LogP contribution is -2.57. The number of carbonyl (C=O) groups is 2. The summed E-state index contributed by atoms with van der Waals surface area (Å²) < 4.78 is 10.3. The number of ether oxygens (including phenoxy) is 2. The van der Waals surface area contributed by atoms with Crippen LogP contribution in [0.15, 0.2) is 0 Å². The molecule has 2 atom stereocenters. The summed E-state index contributed by atoms with van der Waals surface area (Å²) in [5.74, 6) is -0.971. The highest BCUT2D eigenvalue weighted by atomic mass is 16.5. The number of aliphatic carboxylic acids is 1. The summed E-state index contributed by atoms with van der Waals surface area (Å²) in [6, 6.07) is -0.948. The van der Waals surface area contributed by atoms with Gasteiger partial charge in [-0.1, -0.05) is 0 Å². The molecule has 2 aliphatic rings. The zero-order valence-corrected chi connectivity index (χ0v) is 10.8. The minimum Gasteiger partial charge on any atom is -0.481 e. The van der Waals surface area contributed by atoms with Crippen LogP contribution in [-0.4, -0.2) is 67.7 Å². The number of morpholine rings is 1. The van der Waals surface area contributed by atoms with Gasteiger partial charge in [-0.15, -0.1) is 0 Å². The average Bonchev–Trinajstić information content (AvgIpc) is 2.73. The van der Waals surface area contributed by atoms with Crippen LogP contribution >= 0.6 is 0 Å². The Morgan fingerprint density at radius 3 is 2.63 bits per heavy atom. The topological polar surface area (TPSA) is 100 Å². The summed E-state index contributed by atoms with van der Waals surface area (Å²) in [6.07, 6.45) is 0. The summed E-state index contributed by atoms with van der Waals surface area (Å²) >= 11 is 0. The van der Waals surface area contributed by atoms with Gasteiger partial charge in [0.05, 0.1) is 32.5 Å². The quantitative estimate of drug-likeness (QED) is 0.611. The maximum atomic E-state index is 11.8. The van der Waals surface area contributed by atoms with Gasteiger partial charge in [0.2, 0.25) is 0 Å². The molecule has 8 heteroatoms. The summed E-state index contributed by atoms with van der Waals surface area (Å²) in [5.41, 5.74) is 1.60. The first-order valence-corrected chi connectivity index (χ1v) is 6.23. The monoisotopic (exact) mass is 273 g/mol. The van der Waals surface area contributed by atoms with E-state index in [1.54, 1.807) is 11.9 Å². The molecule has 0 bridgehead atoms. The molecular formula is C11H19N3O5. The Morgan fingerprint density at radius 1 is 1.32 bits per heavy atom. The molecule has 2 rings (SSSR count). The first kappa shape index (κ1) is 14.0. The fourth-order valence-corrected chi connectivity index (χ4v) is 2.09.